The van der Waals surface area contributed by atoms with Crippen molar-refractivity contribution >= 4 is 29.2 Å². The maximum atomic E-state index is 12.9. The summed E-state index contributed by atoms with van der Waals surface area (Å²) in [6.45, 7) is 1.98. The van der Waals surface area contributed by atoms with Gasteiger partial charge in [-0.3, -0.25) is 9.59 Å². The standard InChI is InChI=1S/C21H22ClNO3/c1-14-13-18(21(25)26-2)17-5-3-4-6-19(17)23(14)20(24)12-9-15-7-10-16(22)11-8-15/h3-8,10-11,14,18H,9,12-13H2,1-2H3. The van der Waals surface area contributed by atoms with Crippen molar-refractivity contribution in [2.45, 2.75) is 38.1 Å². The number of carbonyl (C=O) groups excluding carboxylic acids is 2. The molecule has 0 bridgehead atoms. The molecular weight excluding hydrogens is 350 g/mol. The number of methoxy groups -OCH3 is 1. The molecule has 0 fully saturated rings. The molecule has 5 heteroatoms. The van der Waals surface area contributed by atoms with Gasteiger partial charge in [-0.25, -0.2) is 0 Å². The van der Waals surface area contributed by atoms with E-state index in [-0.39, 0.29) is 23.8 Å². The smallest absolute Gasteiger partial charge is 0.313 e. The Morgan fingerprint density at radius 3 is 2.54 bits per heavy atom. The Hall–Kier alpha value is -2.33. The van der Waals surface area contributed by atoms with E-state index in [1.165, 1.54) is 7.11 Å². The van der Waals surface area contributed by atoms with Crippen molar-refractivity contribution < 1.29 is 14.3 Å². The molecule has 1 heterocycles. The van der Waals surface area contributed by atoms with Crippen molar-refractivity contribution in [2.75, 3.05) is 12.0 Å². The quantitative estimate of drug-likeness (QED) is 0.750. The van der Waals surface area contributed by atoms with Gasteiger partial charge in [0, 0.05) is 23.2 Å². The van der Waals surface area contributed by atoms with Gasteiger partial charge in [0.05, 0.1) is 13.0 Å². The molecule has 2 aromatic carbocycles. The summed E-state index contributed by atoms with van der Waals surface area (Å²) in [4.78, 5) is 26.9. The first kappa shape index (κ1) is 18.5. The van der Waals surface area contributed by atoms with Gasteiger partial charge >= 0.3 is 5.97 Å². The normalized spacial score (nSPS) is 19.0. The first-order chi connectivity index (χ1) is 12.5. The predicted octanol–water partition coefficient (Wildman–Crippen LogP) is 4.35. The summed E-state index contributed by atoms with van der Waals surface area (Å²) in [5, 5.41) is 0.688. The SMILES string of the molecule is COC(=O)C1CC(C)N(C(=O)CCc2ccc(Cl)cc2)c2ccccc21. The van der Waals surface area contributed by atoms with E-state index in [4.69, 9.17) is 16.3 Å². The van der Waals surface area contributed by atoms with Crippen LogP contribution in [0.25, 0.3) is 0 Å². The Morgan fingerprint density at radius 2 is 1.85 bits per heavy atom. The Labute approximate surface area is 158 Å². The summed E-state index contributed by atoms with van der Waals surface area (Å²) >= 11 is 5.91. The number of ether oxygens (including phenoxy) is 1. The van der Waals surface area contributed by atoms with Gasteiger partial charge in [0.15, 0.2) is 0 Å². The number of halogens is 1. The molecule has 0 N–H and O–H groups in total. The number of amides is 1. The van der Waals surface area contributed by atoms with E-state index in [9.17, 15) is 9.59 Å². The van der Waals surface area contributed by atoms with Crippen LogP contribution in [0.3, 0.4) is 0 Å². The van der Waals surface area contributed by atoms with Gasteiger partial charge in [-0.05, 0) is 49.1 Å². The number of benzene rings is 2. The second-order valence-electron chi connectivity index (χ2n) is 6.61. The number of aryl methyl sites for hydroxylation is 1. The van der Waals surface area contributed by atoms with E-state index in [1.807, 2.05) is 60.4 Å². The van der Waals surface area contributed by atoms with Crippen molar-refractivity contribution in [1.82, 2.24) is 0 Å². The third-order valence-corrected chi connectivity index (χ3v) is 5.14. The monoisotopic (exact) mass is 371 g/mol. The Kier molecular flexibility index (Phi) is 5.62. The van der Waals surface area contributed by atoms with Crippen molar-refractivity contribution in [3.05, 3.63) is 64.7 Å². The topological polar surface area (TPSA) is 46.6 Å². The Balaban J connectivity index is 1.80. The minimum atomic E-state index is -0.327. The molecule has 0 saturated heterocycles. The molecule has 0 aromatic heterocycles. The van der Waals surface area contributed by atoms with Crippen molar-refractivity contribution in [2.24, 2.45) is 0 Å². The molecule has 0 aliphatic carbocycles. The second-order valence-corrected chi connectivity index (χ2v) is 7.05. The summed E-state index contributed by atoms with van der Waals surface area (Å²) in [5.74, 6) is -0.521. The molecular formula is C21H22ClNO3. The van der Waals surface area contributed by atoms with Gasteiger partial charge in [0.1, 0.15) is 0 Å². The van der Waals surface area contributed by atoms with Crippen LogP contribution < -0.4 is 4.90 Å². The van der Waals surface area contributed by atoms with Crippen LogP contribution >= 0.6 is 11.6 Å². The zero-order valence-corrected chi connectivity index (χ0v) is 15.7. The largest absolute Gasteiger partial charge is 0.469 e. The third kappa shape index (κ3) is 3.75. The molecule has 1 aliphatic rings. The molecule has 0 spiro atoms. The van der Waals surface area contributed by atoms with E-state index >= 15 is 0 Å². The zero-order valence-electron chi connectivity index (χ0n) is 14.9. The maximum Gasteiger partial charge on any atom is 0.313 e. The van der Waals surface area contributed by atoms with Gasteiger partial charge < -0.3 is 9.64 Å². The number of nitrogens with zero attached hydrogens (tertiary/aromatic N) is 1. The highest BCUT2D eigenvalue weighted by atomic mass is 35.5. The summed E-state index contributed by atoms with van der Waals surface area (Å²) in [7, 11) is 1.40. The summed E-state index contributed by atoms with van der Waals surface area (Å²) in [5.41, 5.74) is 2.74. The van der Waals surface area contributed by atoms with Gasteiger partial charge in [-0.15, -0.1) is 0 Å². The van der Waals surface area contributed by atoms with Crippen LogP contribution in [-0.4, -0.2) is 25.0 Å². The number of para-hydroxylation sites is 1. The maximum absolute atomic E-state index is 12.9. The minimum absolute atomic E-state index is 0.0585. The van der Waals surface area contributed by atoms with Crippen LogP contribution in [0.4, 0.5) is 5.69 Å². The van der Waals surface area contributed by atoms with Gasteiger partial charge in [-0.1, -0.05) is 41.9 Å². The van der Waals surface area contributed by atoms with E-state index in [2.05, 4.69) is 0 Å². The summed E-state index contributed by atoms with van der Waals surface area (Å²) in [6.07, 6.45) is 1.63. The van der Waals surface area contributed by atoms with Gasteiger partial charge in [0.25, 0.3) is 0 Å². The Morgan fingerprint density at radius 1 is 1.15 bits per heavy atom. The molecule has 4 nitrogen and oxygen atoms in total. The van der Waals surface area contributed by atoms with Gasteiger partial charge in [-0.2, -0.15) is 0 Å². The molecule has 26 heavy (non-hydrogen) atoms. The minimum Gasteiger partial charge on any atom is -0.469 e. The van der Waals surface area contributed by atoms with E-state index < -0.39 is 0 Å². The zero-order chi connectivity index (χ0) is 18.7. The highest BCUT2D eigenvalue weighted by Crippen LogP contribution is 2.39. The second kappa shape index (κ2) is 7.92. The molecule has 0 radical (unpaired) electrons. The highest BCUT2D eigenvalue weighted by Gasteiger charge is 2.37. The first-order valence-corrected chi connectivity index (χ1v) is 9.12. The van der Waals surface area contributed by atoms with Crippen LogP contribution in [0.2, 0.25) is 5.02 Å². The average molecular weight is 372 g/mol. The number of rotatable bonds is 4. The molecule has 2 aromatic rings. The molecule has 1 amide bonds. The van der Waals surface area contributed by atoms with Crippen molar-refractivity contribution in [3.8, 4) is 0 Å². The summed E-state index contributed by atoms with van der Waals surface area (Å²) in [6, 6.07) is 15.1. The molecule has 2 atom stereocenters. The number of hydrogen-bond acceptors (Lipinski definition) is 3. The van der Waals surface area contributed by atoms with Crippen LogP contribution in [0.5, 0.6) is 0 Å². The number of esters is 1. The molecule has 2 unspecified atom stereocenters. The van der Waals surface area contributed by atoms with E-state index in [0.717, 1.165) is 16.8 Å². The fraction of sp³-hybridized carbons (Fsp3) is 0.333. The predicted molar refractivity (Wildman–Crippen MR) is 103 cm³/mol. The highest BCUT2D eigenvalue weighted by molar-refractivity contribution is 6.30. The lowest BCUT2D eigenvalue weighted by Crippen LogP contribution is -2.44. The fourth-order valence-electron chi connectivity index (χ4n) is 3.58. The number of anilines is 1. The lowest BCUT2D eigenvalue weighted by Gasteiger charge is -2.38. The third-order valence-electron chi connectivity index (χ3n) is 4.88. The average Bonchev–Trinajstić information content (AvgIpc) is 2.66. The van der Waals surface area contributed by atoms with E-state index in [0.29, 0.717) is 24.3 Å². The molecule has 1 aliphatic heterocycles. The van der Waals surface area contributed by atoms with Crippen LogP contribution in [-0.2, 0) is 20.7 Å². The van der Waals surface area contributed by atoms with Crippen LogP contribution in [0, 0.1) is 0 Å². The lowest BCUT2D eigenvalue weighted by molar-refractivity contribution is -0.143. The fourth-order valence-corrected chi connectivity index (χ4v) is 3.71. The molecule has 136 valence electrons. The van der Waals surface area contributed by atoms with Crippen LogP contribution in [0.1, 0.15) is 36.8 Å². The van der Waals surface area contributed by atoms with Crippen molar-refractivity contribution in [3.63, 3.8) is 0 Å². The lowest BCUT2D eigenvalue weighted by atomic mass is 9.85. The molecule has 3 rings (SSSR count). The number of hydrogen-bond donors (Lipinski definition) is 0. The number of fused-ring (bicyclic) bond motifs is 1. The number of carbonyl (C=O) groups is 2. The first-order valence-electron chi connectivity index (χ1n) is 8.74. The summed E-state index contributed by atoms with van der Waals surface area (Å²) < 4.78 is 4.95. The van der Waals surface area contributed by atoms with E-state index in [1.54, 1.807) is 0 Å². The van der Waals surface area contributed by atoms with Gasteiger partial charge in [0.2, 0.25) is 5.91 Å². The molecule has 0 saturated carbocycles. The van der Waals surface area contributed by atoms with Crippen LogP contribution in [0.15, 0.2) is 48.5 Å². The van der Waals surface area contributed by atoms with Crippen molar-refractivity contribution in [1.29, 1.82) is 0 Å². The Bertz CT molecular complexity index is 803.